The fourth-order valence-corrected chi connectivity index (χ4v) is 5.76. The molecule has 0 N–H and O–H groups in total. The van der Waals surface area contributed by atoms with Crippen LogP contribution >= 0.6 is 0 Å². The van der Waals surface area contributed by atoms with Crippen LogP contribution in [-0.4, -0.2) is 22.6 Å². The maximum atomic E-state index is 2.72. The number of benzene rings is 2. The zero-order chi connectivity index (χ0) is 18.1. The van der Waals surface area contributed by atoms with E-state index >= 15 is 0 Å². The molecule has 2 atom stereocenters. The molecule has 6 rings (SSSR count). The van der Waals surface area contributed by atoms with Crippen molar-refractivity contribution in [3.63, 3.8) is 0 Å². The van der Waals surface area contributed by atoms with Gasteiger partial charge in [0.15, 0.2) is 0 Å². The molecule has 3 aromatic rings. The van der Waals surface area contributed by atoms with Crippen LogP contribution in [0.4, 0.5) is 0 Å². The number of hydrogen-bond donors (Lipinski definition) is 0. The molecule has 3 heterocycles. The van der Waals surface area contributed by atoms with Gasteiger partial charge >= 0.3 is 0 Å². The van der Waals surface area contributed by atoms with Crippen LogP contribution in [0.2, 0.25) is 0 Å². The van der Waals surface area contributed by atoms with Gasteiger partial charge in [-0.15, -0.1) is 0 Å². The van der Waals surface area contributed by atoms with Crippen molar-refractivity contribution in [1.82, 2.24) is 9.47 Å². The fourth-order valence-electron chi connectivity index (χ4n) is 5.76. The summed E-state index contributed by atoms with van der Waals surface area (Å²) >= 11 is 0. The molecule has 0 amide bonds. The molecule has 1 aromatic heterocycles. The van der Waals surface area contributed by atoms with Crippen molar-refractivity contribution in [2.45, 2.75) is 39.7 Å². The largest absolute Gasteiger partial charge is 0.313 e. The average Bonchev–Trinajstić information content (AvgIpc) is 3.17. The van der Waals surface area contributed by atoms with Crippen LogP contribution in [0.5, 0.6) is 0 Å². The molecule has 2 heteroatoms. The van der Waals surface area contributed by atoms with E-state index in [0.29, 0.717) is 0 Å². The summed E-state index contributed by atoms with van der Waals surface area (Å²) in [5.41, 5.74) is 9.09. The van der Waals surface area contributed by atoms with E-state index in [4.69, 9.17) is 0 Å². The highest BCUT2D eigenvalue weighted by Crippen LogP contribution is 2.46. The Morgan fingerprint density at radius 3 is 2.52 bits per heavy atom. The summed E-state index contributed by atoms with van der Waals surface area (Å²) in [7, 11) is 0. The lowest BCUT2D eigenvalue weighted by molar-refractivity contribution is 0.236. The highest BCUT2D eigenvalue weighted by molar-refractivity contribution is 5.91. The van der Waals surface area contributed by atoms with E-state index in [1.54, 1.807) is 11.3 Å². The molecular formula is C25H28N2. The van der Waals surface area contributed by atoms with Gasteiger partial charge in [0.25, 0.3) is 0 Å². The van der Waals surface area contributed by atoms with Crippen molar-refractivity contribution < 1.29 is 0 Å². The van der Waals surface area contributed by atoms with Gasteiger partial charge in [0, 0.05) is 42.8 Å². The summed E-state index contributed by atoms with van der Waals surface area (Å²) in [6.07, 6.45) is 3.47. The first kappa shape index (κ1) is 15.9. The van der Waals surface area contributed by atoms with Crippen molar-refractivity contribution in [2.24, 2.45) is 17.8 Å². The van der Waals surface area contributed by atoms with Crippen molar-refractivity contribution in [3.8, 4) is 5.69 Å². The molecule has 27 heavy (non-hydrogen) atoms. The van der Waals surface area contributed by atoms with Crippen LogP contribution in [0.1, 0.15) is 36.2 Å². The number of hydrogen-bond acceptors (Lipinski definition) is 1. The van der Waals surface area contributed by atoms with Gasteiger partial charge in [0.05, 0.1) is 5.52 Å². The van der Waals surface area contributed by atoms with E-state index in [1.165, 1.54) is 47.2 Å². The van der Waals surface area contributed by atoms with Gasteiger partial charge in [-0.05, 0) is 53.4 Å². The standard InChI is InChI=1S/C25H28N2/c1-16-17(2)21(16)14-26-13-12-24-22(15-26)20-8-5-7-19-11-10-18-6-3-4-9-23(18)27(24)25(19)20/h3-9,16-17,21H,10-15H2,1-2H3. The first-order valence-corrected chi connectivity index (χ1v) is 10.7. The minimum atomic E-state index is 0.912. The van der Waals surface area contributed by atoms with E-state index in [-0.39, 0.29) is 0 Å². The van der Waals surface area contributed by atoms with Crippen molar-refractivity contribution in [2.75, 3.05) is 13.1 Å². The Labute approximate surface area is 161 Å². The molecule has 1 fully saturated rings. The lowest BCUT2D eigenvalue weighted by Gasteiger charge is -2.28. The Morgan fingerprint density at radius 2 is 1.67 bits per heavy atom. The van der Waals surface area contributed by atoms with Crippen molar-refractivity contribution in [1.29, 1.82) is 0 Å². The third-order valence-electron chi connectivity index (χ3n) is 7.74. The smallest absolute Gasteiger partial charge is 0.0567 e. The Hall–Kier alpha value is -2.06. The number of nitrogens with zero attached hydrogens (tertiary/aromatic N) is 2. The zero-order valence-corrected chi connectivity index (χ0v) is 16.4. The second-order valence-corrected chi connectivity index (χ2v) is 9.07. The minimum Gasteiger partial charge on any atom is -0.313 e. The Kier molecular flexibility index (Phi) is 3.38. The number of rotatable bonds is 2. The summed E-state index contributed by atoms with van der Waals surface area (Å²) in [6, 6.07) is 16.1. The molecule has 0 bridgehead atoms. The third-order valence-corrected chi connectivity index (χ3v) is 7.74. The van der Waals surface area contributed by atoms with Gasteiger partial charge in [-0.25, -0.2) is 0 Å². The molecule has 138 valence electrons. The molecule has 0 radical (unpaired) electrons. The first-order chi connectivity index (χ1) is 13.2. The summed E-state index contributed by atoms with van der Waals surface area (Å²) < 4.78 is 2.63. The maximum absolute atomic E-state index is 2.72. The molecule has 2 aliphatic heterocycles. The normalized spacial score (nSPS) is 26.5. The average molecular weight is 357 g/mol. The van der Waals surface area contributed by atoms with E-state index < -0.39 is 0 Å². The number of fused-ring (bicyclic) bond motifs is 5. The highest BCUT2D eigenvalue weighted by atomic mass is 15.2. The summed E-state index contributed by atoms with van der Waals surface area (Å²) in [5, 5.41) is 1.50. The second kappa shape index (κ2) is 5.72. The predicted octanol–water partition coefficient (Wildman–Crippen LogP) is 4.99. The number of para-hydroxylation sites is 2. The van der Waals surface area contributed by atoms with Gasteiger partial charge < -0.3 is 4.57 Å². The van der Waals surface area contributed by atoms with Gasteiger partial charge in [-0.3, -0.25) is 4.90 Å². The van der Waals surface area contributed by atoms with Crippen molar-refractivity contribution in [3.05, 3.63) is 64.8 Å². The molecule has 1 saturated carbocycles. The van der Waals surface area contributed by atoms with Gasteiger partial charge in [0.1, 0.15) is 0 Å². The Morgan fingerprint density at radius 1 is 0.889 bits per heavy atom. The van der Waals surface area contributed by atoms with Crippen LogP contribution in [-0.2, 0) is 25.8 Å². The summed E-state index contributed by atoms with van der Waals surface area (Å²) in [6.45, 7) is 8.46. The van der Waals surface area contributed by atoms with E-state index in [1.807, 2.05) is 0 Å². The van der Waals surface area contributed by atoms with Crippen LogP contribution in [0.15, 0.2) is 42.5 Å². The SMILES string of the molecule is CC1C(C)C1CN1CCc2c(c3cccc4c3n2-c2ccccc2CC4)C1. The number of aromatic nitrogens is 1. The van der Waals surface area contributed by atoms with Crippen LogP contribution in [0, 0.1) is 17.8 Å². The van der Waals surface area contributed by atoms with Gasteiger partial charge in [0.2, 0.25) is 0 Å². The van der Waals surface area contributed by atoms with Gasteiger partial charge in [-0.1, -0.05) is 50.2 Å². The molecule has 1 aliphatic carbocycles. The quantitative estimate of drug-likeness (QED) is 0.628. The number of aryl methyl sites for hydroxylation is 2. The second-order valence-electron chi connectivity index (χ2n) is 9.07. The Bertz CT molecular complexity index is 1040. The Balaban J connectivity index is 1.49. The zero-order valence-electron chi connectivity index (χ0n) is 16.4. The van der Waals surface area contributed by atoms with Crippen LogP contribution in [0.25, 0.3) is 16.6 Å². The monoisotopic (exact) mass is 356 g/mol. The van der Waals surface area contributed by atoms with Crippen molar-refractivity contribution >= 4 is 10.9 Å². The van der Waals surface area contributed by atoms with E-state index in [0.717, 1.165) is 37.1 Å². The summed E-state index contributed by atoms with van der Waals surface area (Å²) in [4.78, 5) is 2.72. The molecule has 3 aliphatic rings. The first-order valence-electron chi connectivity index (χ1n) is 10.7. The topological polar surface area (TPSA) is 8.17 Å². The highest BCUT2D eigenvalue weighted by Gasteiger charge is 2.43. The van der Waals surface area contributed by atoms with E-state index in [2.05, 4.69) is 65.8 Å². The molecule has 2 aromatic carbocycles. The molecule has 2 nitrogen and oxygen atoms in total. The third kappa shape index (κ3) is 2.29. The lowest BCUT2D eigenvalue weighted by atomic mass is 9.99. The predicted molar refractivity (Wildman–Crippen MR) is 111 cm³/mol. The van der Waals surface area contributed by atoms with Gasteiger partial charge in [-0.2, -0.15) is 0 Å². The fraction of sp³-hybridized carbons (Fsp3) is 0.440. The molecule has 0 spiro atoms. The minimum absolute atomic E-state index is 0.912. The molecule has 2 unspecified atom stereocenters. The van der Waals surface area contributed by atoms with Crippen LogP contribution < -0.4 is 0 Å². The lowest BCUT2D eigenvalue weighted by Crippen LogP contribution is -2.33. The summed E-state index contributed by atoms with van der Waals surface area (Å²) in [5.74, 6) is 2.74. The van der Waals surface area contributed by atoms with Crippen LogP contribution in [0.3, 0.4) is 0 Å². The molecule has 0 saturated heterocycles. The molecular weight excluding hydrogens is 328 g/mol. The maximum Gasteiger partial charge on any atom is 0.0567 e. The van der Waals surface area contributed by atoms with E-state index in [9.17, 15) is 0 Å².